The highest BCUT2D eigenvalue weighted by atomic mass is 35.5. The summed E-state index contributed by atoms with van der Waals surface area (Å²) < 4.78 is 5.92. The second-order valence-corrected chi connectivity index (χ2v) is 7.74. The van der Waals surface area contributed by atoms with Crippen LogP contribution in [-0.4, -0.2) is 23.6 Å². The largest absolute Gasteiger partial charge is 0.492 e. The second-order valence-electron chi connectivity index (χ2n) is 7.31. The number of hydrogen-bond donors (Lipinski definition) is 0. The minimum atomic E-state index is 0.135. The second kappa shape index (κ2) is 6.60. The molecule has 23 heavy (non-hydrogen) atoms. The Kier molecular flexibility index (Phi) is 4.72. The van der Waals surface area contributed by atoms with Gasteiger partial charge in [-0.15, -0.1) is 0 Å². The number of benzene rings is 1. The van der Waals surface area contributed by atoms with Gasteiger partial charge in [-0.05, 0) is 50.8 Å². The van der Waals surface area contributed by atoms with E-state index >= 15 is 0 Å². The Bertz CT molecular complexity index is 605. The van der Waals surface area contributed by atoms with Crippen LogP contribution in [0.25, 0.3) is 0 Å². The zero-order valence-electron chi connectivity index (χ0n) is 14.3. The standard InChI is InChI=1S/C20H26ClNO/c1-15-14-20(2,3)22(19-13-16(21)9-10-18(15)19)11-12-23-17-7-5-4-6-8-17/h4-9,13,15,18H,10-12,14H2,1-3H3. The molecule has 0 spiro atoms. The van der Waals surface area contributed by atoms with Crippen molar-refractivity contribution >= 4 is 11.6 Å². The molecule has 1 aromatic rings. The fourth-order valence-corrected chi connectivity index (χ4v) is 4.26. The maximum Gasteiger partial charge on any atom is 0.119 e. The fourth-order valence-electron chi connectivity index (χ4n) is 4.06. The Morgan fingerprint density at radius 3 is 2.74 bits per heavy atom. The van der Waals surface area contributed by atoms with Crippen LogP contribution in [0.3, 0.4) is 0 Å². The Morgan fingerprint density at radius 1 is 1.26 bits per heavy atom. The lowest BCUT2D eigenvalue weighted by molar-refractivity contribution is 0.0484. The molecule has 1 aliphatic carbocycles. The maximum absolute atomic E-state index is 6.30. The van der Waals surface area contributed by atoms with E-state index in [1.165, 1.54) is 12.1 Å². The van der Waals surface area contributed by atoms with E-state index in [9.17, 15) is 0 Å². The van der Waals surface area contributed by atoms with Gasteiger partial charge in [-0.1, -0.05) is 42.8 Å². The molecular formula is C20H26ClNO. The van der Waals surface area contributed by atoms with Crippen molar-refractivity contribution in [3.8, 4) is 5.75 Å². The molecule has 3 heteroatoms. The summed E-state index contributed by atoms with van der Waals surface area (Å²) in [6.07, 6.45) is 6.57. The lowest BCUT2D eigenvalue weighted by Crippen LogP contribution is -2.53. The molecule has 1 aromatic carbocycles. The third-order valence-electron chi connectivity index (χ3n) is 5.11. The predicted octanol–water partition coefficient (Wildman–Crippen LogP) is 5.21. The van der Waals surface area contributed by atoms with E-state index in [4.69, 9.17) is 16.3 Å². The topological polar surface area (TPSA) is 12.5 Å². The van der Waals surface area contributed by atoms with Crippen LogP contribution < -0.4 is 4.74 Å². The number of halogens is 1. The number of allylic oxidation sites excluding steroid dienone is 4. The van der Waals surface area contributed by atoms with Gasteiger partial charge in [0.1, 0.15) is 12.4 Å². The van der Waals surface area contributed by atoms with Crippen molar-refractivity contribution in [2.45, 2.75) is 39.2 Å². The van der Waals surface area contributed by atoms with Gasteiger partial charge in [-0.2, -0.15) is 0 Å². The first kappa shape index (κ1) is 16.4. The Labute approximate surface area is 144 Å². The minimum Gasteiger partial charge on any atom is -0.492 e. The smallest absolute Gasteiger partial charge is 0.119 e. The average Bonchev–Trinajstić information content (AvgIpc) is 2.50. The first-order valence-corrected chi connectivity index (χ1v) is 8.88. The molecule has 1 saturated heterocycles. The molecule has 0 amide bonds. The molecule has 1 aliphatic heterocycles. The molecule has 0 aromatic heterocycles. The van der Waals surface area contributed by atoms with Crippen LogP contribution in [0.1, 0.15) is 33.6 Å². The van der Waals surface area contributed by atoms with Crippen molar-refractivity contribution in [2.75, 3.05) is 13.2 Å². The summed E-state index contributed by atoms with van der Waals surface area (Å²) in [6, 6.07) is 10.0. The van der Waals surface area contributed by atoms with Gasteiger partial charge in [0.2, 0.25) is 0 Å². The molecule has 0 bridgehead atoms. The highest BCUT2D eigenvalue weighted by molar-refractivity contribution is 6.31. The van der Waals surface area contributed by atoms with E-state index in [1.807, 2.05) is 30.3 Å². The quantitative estimate of drug-likeness (QED) is 0.750. The van der Waals surface area contributed by atoms with Crippen LogP contribution in [-0.2, 0) is 0 Å². The van der Waals surface area contributed by atoms with Gasteiger partial charge in [0.05, 0.1) is 6.54 Å². The minimum absolute atomic E-state index is 0.135. The maximum atomic E-state index is 6.30. The van der Waals surface area contributed by atoms with Crippen LogP contribution in [0.2, 0.25) is 0 Å². The zero-order chi connectivity index (χ0) is 16.4. The fraction of sp³-hybridized carbons (Fsp3) is 0.500. The highest BCUT2D eigenvalue weighted by Crippen LogP contribution is 2.45. The summed E-state index contributed by atoms with van der Waals surface area (Å²) in [6.45, 7) is 8.60. The van der Waals surface area contributed by atoms with Crippen molar-refractivity contribution in [2.24, 2.45) is 11.8 Å². The molecule has 124 valence electrons. The zero-order valence-corrected chi connectivity index (χ0v) is 15.0. The lowest BCUT2D eigenvalue weighted by Gasteiger charge is -2.52. The number of likely N-dealkylation sites (tertiary alicyclic amines) is 1. The highest BCUT2D eigenvalue weighted by Gasteiger charge is 2.41. The van der Waals surface area contributed by atoms with Crippen molar-refractivity contribution in [3.05, 3.63) is 53.2 Å². The molecule has 0 saturated carbocycles. The Balaban J connectivity index is 1.73. The van der Waals surface area contributed by atoms with Gasteiger partial charge < -0.3 is 9.64 Å². The van der Waals surface area contributed by atoms with E-state index < -0.39 is 0 Å². The van der Waals surface area contributed by atoms with Gasteiger partial charge >= 0.3 is 0 Å². The van der Waals surface area contributed by atoms with Crippen LogP contribution >= 0.6 is 11.6 Å². The van der Waals surface area contributed by atoms with Gasteiger partial charge in [0, 0.05) is 22.2 Å². The number of nitrogens with zero attached hydrogens (tertiary/aromatic N) is 1. The number of hydrogen-bond acceptors (Lipinski definition) is 2. The first-order valence-electron chi connectivity index (χ1n) is 8.50. The molecule has 2 atom stereocenters. The van der Waals surface area contributed by atoms with Gasteiger partial charge in [-0.25, -0.2) is 0 Å². The predicted molar refractivity (Wildman–Crippen MR) is 96.6 cm³/mol. The molecule has 2 unspecified atom stereocenters. The third kappa shape index (κ3) is 3.58. The van der Waals surface area contributed by atoms with E-state index in [2.05, 4.69) is 37.8 Å². The first-order chi connectivity index (χ1) is 11.0. The number of fused-ring (bicyclic) bond motifs is 1. The van der Waals surface area contributed by atoms with Crippen molar-refractivity contribution in [3.63, 3.8) is 0 Å². The summed E-state index contributed by atoms with van der Waals surface area (Å²) >= 11 is 6.30. The molecule has 0 radical (unpaired) electrons. The number of piperidine rings is 1. The molecule has 2 nitrogen and oxygen atoms in total. The SMILES string of the molecule is CC1CC(C)(C)N(CCOc2ccccc2)C2=CC(Cl)=CCC21. The van der Waals surface area contributed by atoms with Crippen LogP contribution in [0, 0.1) is 11.8 Å². The van der Waals surface area contributed by atoms with E-state index in [0.717, 1.165) is 23.7 Å². The molecule has 1 fully saturated rings. The Morgan fingerprint density at radius 2 is 2.00 bits per heavy atom. The number of ether oxygens (including phenoxy) is 1. The van der Waals surface area contributed by atoms with Crippen LogP contribution in [0.5, 0.6) is 5.75 Å². The average molecular weight is 332 g/mol. The number of rotatable bonds is 4. The molecule has 3 rings (SSSR count). The summed E-state index contributed by atoms with van der Waals surface area (Å²) in [4.78, 5) is 2.51. The summed E-state index contributed by atoms with van der Waals surface area (Å²) in [5, 5.41) is 0.870. The normalized spacial score (nSPS) is 26.2. The van der Waals surface area contributed by atoms with Gasteiger partial charge in [0.25, 0.3) is 0 Å². The van der Waals surface area contributed by atoms with Crippen LogP contribution in [0.4, 0.5) is 0 Å². The van der Waals surface area contributed by atoms with Gasteiger partial charge in [-0.3, -0.25) is 0 Å². The molecule has 0 N–H and O–H groups in total. The van der Waals surface area contributed by atoms with Crippen molar-refractivity contribution < 1.29 is 4.74 Å². The summed E-state index contributed by atoms with van der Waals surface area (Å²) in [5.74, 6) is 2.20. The number of para-hydroxylation sites is 1. The monoisotopic (exact) mass is 331 g/mol. The van der Waals surface area contributed by atoms with E-state index in [0.29, 0.717) is 18.4 Å². The van der Waals surface area contributed by atoms with Crippen molar-refractivity contribution in [1.29, 1.82) is 0 Å². The molecule has 1 heterocycles. The Hall–Kier alpha value is -1.41. The lowest BCUT2D eigenvalue weighted by atomic mass is 9.72. The van der Waals surface area contributed by atoms with Gasteiger partial charge in [0.15, 0.2) is 0 Å². The molecule has 2 aliphatic rings. The summed E-state index contributed by atoms with van der Waals surface area (Å²) in [5.41, 5.74) is 1.52. The van der Waals surface area contributed by atoms with E-state index in [-0.39, 0.29) is 5.54 Å². The molecular weight excluding hydrogens is 306 g/mol. The van der Waals surface area contributed by atoms with E-state index in [1.54, 1.807) is 0 Å². The summed E-state index contributed by atoms with van der Waals surface area (Å²) in [7, 11) is 0. The van der Waals surface area contributed by atoms with Crippen molar-refractivity contribution in [1.82, 2.24) is 4.90 Å². The third-order valence-corrected chi connectivity index (χ3v) is 5.37. The van der Waals surface area contributed by atoms with Crippen LogP contribution in [0.15, 0.2) is 53.2 Å².